The van der Waals surface area contributed by atoms with E-state index in [4.69, 9.17) is 11.6 Å². The summed E-state index contributed by atoms with van der Waals surface area (Å²) < 4.78 is 12.6. The Bertz CT molecular complexity index is 208. The number of allylic oxidation sites excluding steroid dienone is 4. The summed E-state index contributed by atoms with van der Waals surface area (Å²) >= 11 is 5.51. The minimum absolute atomic E-state index is 0.132. The Hall–Kier alpha value is -0.630. The topological polar surface area (TPSA) is 17.1 Å². The van der Waals surface area contributed by atoms with Crippen molar-refractivity contribution in [3.63, 3.8) is 0 Å². The van der Waals surface area contributed by atoms with Crippen LogP contribution < -0.4 is 0 Å². The van der Waals surface area contributed by atoms with Gasteiger partial charge >= 0.3 is 0 Å². The Morgan fingerprint density at radius 1 is 1.80 bits per heavy atom. The fourth-order valence-electron chi connectivity index (χ4n) is 0.769. The summed E-state index contributed by atoms with van der Waals surface area (Å²) in [6.07, 6.45) is 2.45. The lowest BCUT2D eigenvalue weighted by Crippen LogP contribution is -2.07. The molecule has 0 bridgehead atoms. The number of aldehydes is 1. The van der Waals surface area contributed by atoms with Crippen LogP contribution in [0, 0.1) is 0 Å². The maximum atomic E-state index is 12.6. The van der Waals surface area contributed by atoms with Gasteiger partial charge in [-0.05, 0) is 6.08 Å². The Morgan fingerprint density at radius 3 is 3.00 bits per heavy atom. The van der Waals surface area contributed by atoms with Crippen LogP contribution in [0.1, 0.15) is 6.42 Å². The molecule has 0 aromatic heterocycles. The molecule has 0 spiro atoms. The fraction of sp³-hybridized carbons (Fsp3) is 0.286. The first kappa shape index (κ1) is 7.48. The molecule has 10 heavy (non-hydrogen) atoms. The summed E-state index contributed by atoms with van der Waals surface area (Å²) in [6.45, 7) is 0. The van der Waals surface area contributed by atoms with Gasteiger partial charge in [0.15, 0.2) is 0 Å². The lowest BCUT2D eigenvalue weighted by Gasteiger charge is -2.08. The van der Waals surface area contributed by atoms with Crippen molar-refractivity contribution < 1.29 is 9.18 Å². The molecule has 0 heterocycles. The van der Waals surface area contributed by atoms with Gasteiger partial charge in [0.1, 0.15) is 12.5 Å². The molecule has 1 aliphatic carbocycles. The van der Waals surface area contributed by atoms with Gasteiger partial charge in [0.05, 0.1) is 0 Å². The second-order valence-electron chi connectivity index (χ2n) is 2.05. The summed E-state index contributed by atoms with van der Waals surface area (Å²) in [6, 6.07) is 0. The third-order valence-corrected chi connectivity index (χ3v) is 1.59. The van der Waals surface area contributed by atoms with E-state index in [9.17, 15) is 9.18 Å². The van der Waals surface area contributed by atoms with Gasteiger partial charge in [-0.15, -0.1) is 0 Å². The number of rotatable bonds is 1. The van der Waals surface area contributed by atoms with Gasteiger partial charge in [-0.1, -0.05) is 17.7 Å². The van der Waals surface area contributed by atoms with E-state index in [1.807, 2.05) is 0 Å². The normalized spacial score (nSPS) is 25.2. The van der Waals surface area contributed by atoms with E-state index in [0.717, 1.165) is 0 Å². The first-order chi connectivity index (χ1) is 4.74. The number of carbonyl (C=O) groups excluding carboxylic acids is 1. The Kier molecular flexibility index (Phi) is 2.22. The summed E-state index contributed by atoms with van der Waals surface area (Å²) in [5, 5.41) is 0.441. The molecule has 1 rings (SSSR count). The van der Waals surface area contributed by atoms with Gasteiger partial charge in [-0.25, -0.2) is 4.39 Å². The second kappa shape index (κ2) is 2.97. The van der Waals surface area contributed by atoms with Crippen LogP contribution in [0.15, 0.2) is 22.8 Å². The number of hydrogen-bond acceptors (Lipinski definition) is 1. The van der Waals surface area contributed by atoms with Crippen LogP contribution in [0.25, 0.3) is 0 Å². The van der Waals surface area contributed by atoms with Crippen LogP contribution >= 0.6 is 11.6 Å². The van der Waals surface area contributed by atoms with Gasteiger partial charge in [-0.2, -0.15) is 0 Å². The predicted molar refractivity (Wildman–Crippen MR) is 37.6 cm³/mol. The number of halogens is 2. The highest BCUT2D eigenvalue weighted by Crippen LogP contribution is 2.20. The molecule has 0 saturated heterocycles. The molecule has 0 aromatic rings. The van der Waals surface area contributed by atoms with Gasteiger partial charge in [0.25, 0.3) is 0 Å². The third kappa shape index (κ3) is 1.45. The van der Waals surface area contributed by atoms with E-state index in [1.54, 1.807) is 6.08 Å². The largest absolute Gasteiger partial charge is 0.298 e. The monoisotopic (exact) mass is 160 g/mol. The lowest BCUT2D eigenvalue weighted by atomic mass is 10.0. The third-order valence-electron chi connectivity index (χ3n) is 1.32. The zero-order valence-corrected chi connectivity index (χ0v) is 5.94. The van der Waals surface area contributed by atoms with Crippen molar-refractivity contribution in [2.45, 2.75) is 12.6 Å². The Labute approximate surface area is 63.2 Å². The fourth-order valence-corrected chi connectivity index (χ4v) is 0.984. The summed E-state index contributed by atoms with van der Waals surface area (Å²) in [5.41, 5.74) is 0.132. The van der Waals surface area contributed by atoms with E-state index < -0.39 is 6.17 Å². The molecule has 1 atom stereocenters. The predicted octanol–water partition coefficient (Wildman–Crippen LogP) is 1.98. The van der Waals surface area contributed by atoms with Gasteiger partial charge in [0, 0.05) is 17.0 Å². The maximum Gasteiger partial charge on any atom is 0.149 e. The highest BCUT2D eigenvalue weighted by atomic mass is 35.5. The zero-order valence-electron chi connectivity index (χ0n) is 5.18. The summed E-state index contributed by atoms with van der Waals surface area (Å²) in [4.78, 5) is 10.1. The first-order valence-corrected chi connectivity index (χ1v) is 3.28. The van der Waals surface area contributed by atoms with Crippen LogP contribution in [0.3, 0.4) is 0 Å². The molecule has 3 heteroatoms. The van der Waals surface area contributed by atoms with Crippen molar-refractivity contribution in [1.82, 2.24) is 0 Å². The zero-order chi connectivity index (χ0) is 7.56. The summed E-state index contributed by atoms with van der Waals surface area (Å²) in [5.74, 6) is 0. The van der Waals surface area contributed by atoms with Crippen LogP contribution in [-0.4, -0.2) is 12.5 Å². The number of carbonyl (C=O) groups is 1. The molecular weight excluding hydrogens is 155 g/mol. The maximum absolute atomic E-state index is 12.6. The molecule has 0 amide bonds. The van der Waals surface area contributed by atoms with Crippen molar-refractivity contribution >= 4 is 17.9 Å². The highest BCUT2D eigenvalue weighted by molar-refractivity contribution is 6.31. The highest BCUT2D eigenvalue weighted by Gasteiger charge is 2.14. The van der Waals surface area contributed by atoms with Crippen molar-refractivity contribution in [2.24, 2.45) is 0 Å². The molecular formula is C7H6ClFO. The van der Waals surface area contributed by atoms with Crippen LogP contribution in [-0.2, 0) is 4.79 Å². The van der Waals surface area contributed by atoms with Crippen LogP contribution in [0.2, 0.25) is 0 Å². The molecule has 1 aliphatic rings. The molecule has 0 fully saturated rings. The SMILES string of the molecule is O=CC1=CC(Cl)=CCC1F. The van der Waals surface area contributed by atoms with Gasteiger partial charge < -0.3 is 0 Å². The first-order valence-electron chi connectivity index (χ1n) is 2.90. The quantitative estimate of drug-likeness (QED) is 0.536. The van der Waals surface area contributed by atoms with Crippen molar-refractivity contribution in [2.75, 3.05) is 0 Å². The molecule has 1 nitrogen and oxygen atoms in total. The summed E-state index contributed by atoms with van der Waals surface area (Å²) in [7, 11) is 0. The van der Waals surface area contributed by atoms with Crippen LogP contribution in [0.5, 0.6) is 0 Å². The minimum atomic E-state index is -1.17. The van der Waals surface area contributed by atoms with Crippen molar-refractivity contribution in [3.05, 3.63) is 22.8 Å². The molecule has 0 radical (unpaired) electrons. The smallest absolute Gasteiger partial charge is 0.149 e. The molecule has 0 saturated carbocycles. The average molecular weight is 161 g/mol. The standard InChI is InChI=1S/C7H6ClFO/c8-6-1-2-7(9)5(3-6)4-10/h1,3-4,7H,2H2. The molecule has 0 N–H and O–H groups in total. The van der Waals surface area contributed by atoms with Crippen molar-refractivity contribution in [3.8, 4) is 0 Å². The second-order valence-corrected chi connectivity index (χ2v) is 2.49. The Morgan fingerprint density at radius 2 is 2.50 bits per heavy atom. The molecule has 0 aliphatic heterocycles. The molecule has 0 aromatic carbocycles. The van der Waals surface area contributed by atoms with E-state index in [0.29, 0.717) is 11.3 Å². The van der Waals surface area contributed by atoms with E-state index in [1.165, 1.54) is 6.08 Å². The minimum Gasteiger partial charge on any atom is -0.298 e. The number of alkyl halides is 1. The van der Waals surface area contributed by atoms with Crippen molar-refractivity contribution in [1.29, 1.82) is 0 Å². The molecule has 1 unspecified atom stereocenters. The van der Waals surface area contributed by atoms with E-state index in [-0.39, 0.29) is 12.0 Å². The average Bonchev–Trinajstić information content (AvgIpc) is 1.94. The van der Waals surface area contributed by atoms with E-state index >= 15 is 0 Å². The Balaban J connectivity index is 2.83. The van der Waals surface area contributed by atoms with Gasteiger partial charge in [0.2, 0.25) is 0 Å². The lowest BCUT2D eigenvalue weighted by molar-refractivity contribution is -0.105. The van der Waals surface area contributed by atoms with E-state index in [2.05, 4.69) is 0 Å². The van der Waals surface area contributed by atoms with Gasteiger partial charge in [-0.3, -0.25) is 4.79 Å². The molecule has 54 valence electrons. The van der Waals surface area contributed by atoms with Crippen LogP contribution in [0.4, 0.5) is 4.39 Å². The number of hydrogen-bond donors (Lipinski definition) is 0.